The SMILES string of the molecule is O=C(CCC1CCNC1)Nc1cc(C(=O)O)ccc1Br. The average Bonchev–Trinajstić information content (AvgIpc) is 2.92. The van der Waals surface area contributed by atoms with Crippen LogP contribution in [-0.2, 0) is 4.79 Å². The highest BCUT2D eigenvalue weighted by molar-refractivity contribution is 9.10. The summed E-state index contributed by atoms with van der Waals surface area (Å²) in [6, 6.07) is 4.58. The minimum Gasteiger partial charge on any atom is -0.478 e. The summed E-state index contributed by atoms with van der Waals surface area (Å²) in [5.41, 5.74) is 0.655. The van der Waals surface area contributed by atoms with Crippen molar-refractivity contribution >= 4 is 33.5 Å². The zero-order chi connectivity index (χ0) is 14.5. The fraction of sp³-hybridized carbons (Fsp3) is 0.429. The highest BCUT2D eigenvalue weighted by Gasteiger charge is 2.16. The summed E-state index contributed by atoms with van der Waals surface area (Å²) in [5, 5.41) is 15.0. The Morgan fingerprint density at radius 2 is 2.25 bits per heavy atom. The van der Waals surface area contributed by atoms with Crippen LogP contribution in [-0.4, -0.2) is 30.1 Å². The maximum Gasteiger partial charge on any atom is 0.335 e. The molecule has 0 saturated carbocycles. The van der Waals surface area contributed by atoms with E-state index >= 15 is 0 Å². The van der Waals surface area contributed by atoms with Gasteiger partial charge in [0.1, 0.15) is 0 Å². The van der Waals surface area contributed by atoms with E-state index in [1.54, 1.807) is 6.07 Å². The van der Waals surface area contributed by atoms with E-state index in [0.29, 0.717) is 22.5 Å². The van der Waals surface area contributed by atoms with Crippen molar-refractivity contribution < 1.29 is 14.7 Å². The van der Waals surface area contributed by atoms with E-state index in [2.05, 4.69) is 26.6 Å². The van der Waals surface area contributed by atoms with Gasteiger partial charge in [0.05, 0.1) is 11.3 Å². The van der Waals surface area contributed by atoms with Gasteiger partial charge in [0.2, 0.25) is 5.91 Å². The summed E-state index contributed by atoms with van der Waals surface area (Å²) >= 11 is 3.31. The number of carboxylic acids is 1. The average molecular weight is 341 g/mol. The van der Waals surface area contributed by atoms with Crippen molar-refractivity contribution in [2.24, 2.45) is 5.92 Å². The zero-order valence-electron chi connectivity index (χ0n) is 11.0. The van der Waals surface area contributed by atoms with E-state index in [-0.39, 0.29) is 11.5 Å². The molecule has 1 amide bonds. The molecule has 0 bridgehead atoms. The Balaban J connectivity index is 1.92. The largest absolute Gasteiger partial charge is 0.478 e. The van der Waals surface area contributed by atoms with Gasteiger partial charge in [-0.3, -0.25) is 4.79 Å². The standard InChI is InChI=1S/C14H17BrN2O3/c15-11-3-2-10(14(19)20)7-12(11)17-13(18)4-1-9-5-6-16-8-9/h2-3,7,9,16H,1,4-6,8H2,(H,17,18)(H,19,20). The van der Waals surface area contributed by atoms with Crippen molar-refractivity contribution in [3.63, 3.8) is 0 Å². The predicted molar refractivity (Wildman–Crippen MR) is 79.9 cm³/mol. The van der Waals surface area contributed by atoms with Gasteiger partial charge >= 0.3 is 5.97 Å². The molecule has 1 atom stereocenters. The monoisotopic (exact) mass is 340 g/mol. The third kappa shape index (κ3) is 4.05. The number of rotatable bonds is 5. The first-order chi connectivity index (χ1) is 9.56. The Bertz CT molecular complexity index is 513. The van der Waals surface area contributed by atoms with Crippen molar-refractivity contribution in [1.29, 1.82) is 0 Å². The molecule has 1 unspecified atom stereocenters. The molecule has 20 heavy (non-hydrogen) atoms. The summed E-state index contributed by atoms with van der Waals surface area (Å²) in [5.74, 6) is -0.528. The van der Waals surface area contributed by atoms with Gasteiger partial charge in [-0.15, -0.1) is 0 Å². The van der Waals surface area contributed by atoms with Gasteiger partial charge in [-0.2, -0.15) is 0 Å². The summed E-state index contributed by atoms with van der Waals surface area (Å²) < 4.78 is 0.679. The van der Waals surface area contributed by atoms with Crippen LogP contribution in [0.3, 0.4) is 0 Å². The van der Waals surface area contributed by atoms with Crippen molar-refractivity contribution in [1.82, 2.24) is 5.32 Å². The third-order valence-electron chi connectivity index (χ3n) is 3.43. The molecule has 108 valence electrons. The Kier molecular flexibility index (Phi) is 5.14. The molecule has 1 aromatic carbocycles. The van der Waals surface area contributed by atoms with Crippen LogP contribution >= 0.6 is 15.9 Å². The van der Waals surface area contributed by atoms with Gasteiger partial charge in [-0.1, -0.05) is 0 Å². The Morgan fingerprint density at radius 3 is 2.90 bits per heavy atom. The second-order valence-electron chi connectivity index (χ2n) is 4.95. The van der Waals surface area contributed by atoms with Crippen molar-refractivity contribution in [3.05, 3.63) is 28.2 Å². The first-order valence-corrected chi connectivity index (χ1v) is 7.39. The van der Waals surface area contributed by atoms with Crippen LogP contribution in [0.1, 0.15) is 29.6 Å². The van der Waals surface area contributed by atoms with Gasteiger partial charge in [-0.05, 0) is 66.0 Å². The molecule has 1 aliphatic heterocycles. The molecule has 6 heteroatoms. The van der Waals surface area contributed by atoms with E-state index in [1.807, 2.05) is 0 Å². The molecule has 0 spiro atoms. The lowest BCUT2D eigenvalue weighted by molar-refractivity contribution is -0.116. The fourth-order valence-electron chi connectivity index (χ4n) is 2.26. The maximum absolute atomic E-state index is 11.9. The molecule has 0 radical (unpaired) electrons. The van der Waals surface area contributed by atoms with E-state index in [9.17, 15) is 9.59 Å². The molecular formula is C14H17BrN2O3. The van der Waals surface area contributed by atoms with E-state index in [4.69, 9.17) is 5.11 Å². The van der Waals surface area contributed by atoms with Crippen molar-refractivity contribution in [2.45, 2.75) is 19.3 Å². The molecule has 5 nitrogen and oxygen atoms in total. The van der Waals surface area contributed by atoms with Crippen molar-refractivity contribution in [2.75, 3.05) is 18.4 Å². The molecule has 0 aromatic heterocycles. The number of anilines is 1. The Morgan fingerprint density at radius 1 is 1.45 bits per heavy atom. The number of nitrogens with one attached hydrogen (secondary N) is 2. The van der Waals surface area contributed by atoms with Gasteiger partial charge in [-0.25, -0.2) is 4.79 Å². The molecule has 3 N–H and O–H groups in total. The maximum atomic E-state index is 11.9. The van der Waals surface area contributed by atoms with E-state index in [0.717, 1.165) is 25.9 Å². The predicted octanol–water partition coefficient (Wildman–Crippen LogP) is 2.48. The lowest BCUT2D eigenvalue weighted by Gasteiger charge is -2.10. The normalized spacial score (nSPS) is 17.9. The number of benzene rings is 1. The van der Waals surface area contributed by atoms with E-state index < -0.39 is 5.97 Å². The van der Waals surface area contributed by atoms with Gasteiger partial charge in [0.15, 0.2) is 0 Å². The number of amides is 1. The van der Waals surface area contributed by atoms with Crippen LogP contribution in [0.5, 0.6) is 0 Å². The second-order valence-corrected chi connectivity index (χ2v) is 5.80. The third-order valence-corrected chi connectivity index (χ3v) is 4.12. The Hall–Kier alpha value is -1.40. The zero-order valence-corrected chi connectivity index (χ0v) is 12.6. The van der Waals surface area contributed by atoms with Gasteiger partial charge in [0.25, 0.3) is 0 Å². The van der Waals surface area contributed by atoms with Gasteiger partial charge < -0.3 is 15.7 Å². The van der Waals surface area contributed by atoms with Crippen LogP contribution in [0.15, 0.2) is 22.7 Å². The van der Waals surface area contributed by atoms with Crippen LogP contribution in [0.25, 0.3) is 0 Å². The smallest absolute Gasteiger partial charge is 0.335 e. The highest BCUT2D eigenvalue weighted by atomic mass is 79.9. The van der Waals surface area contributed by atoms with Crippen LogP contribution in [0.2, 0.25) is 0 Å². The van der Waals surface area contributed by atoms with Crippen LogP contribution in [0.4, 0.5) is 5.69 Å². The first-order valence-electron chi connectivity index (χ1n) is 6.59. The summed E-state index contributed by atoms with van der Waals surface area (Å²) in [6.45, 7) is 2.00. The summed E-state index contributed by atoms with van der Waals surface area (Å²) in [6.07, 6.45) is 2.43. The number of hydrogen-bond acceptors (Lipinski definition) is 3. The lowest BCUT2D eigenvalue weighted by Crippen LogP contribution is -2.15. The molecule has 1 saturated heterocycles. The topological polar surface area (TPSA) is 78.4 Å². The number of aromatic carboxylic acids is 1. The number of carbonyl (C=O) groups excluding carboxylic acids is 1. The molecule has 1 heterocycles. The molecule has 1 aromatic rings. The minimum atomic E-state index is -1.01. The molecular weight excluding hydrogens is 324 g/mol. The number of carboxylic acid groups (broad SMARTS) is 1. The minimum absolute atomic E-state index is 0.0832. The quantitative estimate of drug-likeness (QED) is 0.769. The molecule has 1 fully saturated rings. The fourth-order valence-corrected chi connectivity index (χ4v) is 2.61. The summed E-state index contributed by atoms with van der Waals surface area (Å²) in [7, 11) is 0. The molecule has 2 rings (SSSR count). The lowest BCUT2D eigenvalue weighted by atomic mass is 10.0. The van der Waals surface area contributed by atoms with Crippen molar-refractivity contribution in [3.8, 4) is 0 Å². The number of halogens is 1. The van der Waals surface area contributed by atoms with Gasteiger partial charge in [0, 0.05) is 10.9 Å². The highest BCUT2D eigenvalue weighted by Crippen LogP contribution is 2.24. The summed E-state index contributed by atoms with van der Waals surface area (Å²) in [4.78, 5) is 22.8. The van der Waals surface area contributed by atoms with Crippen LogP contribution in [0, 0.1) is 5.92 Å². The van der Waals surface area contributed by atoms with E-state index in [1.165, 1.54) is 12.1 Å². The van der Waals surface area contributed by atoms with Crippen LogP contribution < -0.4 is 10.6 Å². The number of carbonyl (C=O) groups is 2. The second kappa shape index (κ2) is 6.85. The molecule has 1 aliphatic rings. The first kappa shape index (κ1) is 15.0. The Labute approximate surface area is 125 Å². The molecule has 0 aliphatic carbocycles. The number of hydrogen-bond donors (Lipinski definition) is 3.